The fourth-order valence-electron chi connectivity index (χ4n) is 4.12. The zero-order chi connectivity index (χ0) is 22.4. The molecule has 1 aliphatic rings. The first-order valence-corrected chi connectivity index (χ1v) is 11.2. The number of benzene rings is 1. The Morgan fingerprint density at radius 2 is 1.90 bits per heavy atom. The second-order valence-electron chi connectivity index (χ2n) is 8.17. The van der Waals surface area contributed by atoms with Crippen molar-refractivity contribution in [2.45, 2.75) is 32.2 Å². The molecule has 0 unspecified atom stereocenters. The van der Waals surface area contributed by atoms with Gasteiger partial charge in [-0.3, -0.25) is 9.88 Å². The Labute approximate surface area is 194 Å². The maximum absolute atomic E-state index is 11.7. The van der Waals surface area contributed by atoms with E-state index in [-0.39, 0.29) is 5.97 Å². The molecular weight excluding hydrogens is 433 g/mol. The molecule has 1 fully saturated rings. The number of esters is 1. The number of nitrogens with zero attached hydrogens (tertiary/aromatic N) is 3. The SMILES string of the molecule is COC(=O)c1ccnc(CN(C)/C=C(\C)CN2CCC(c3cc(Cl)cc(Cl)c3)CC2)c1. The number of carbonyl (C=O) groups is 1. The third kappa shape index (κ3) is 6.96. The van der Waals surface area contributed by atoms with E-state index in [0.29, 0.717) is 28.1 Å². The molecule has 7 heteroatoms. The van der Waals surface area contributed by atoms with Crippen LogP contribution in [0.4, 0.5) is 0 Å². The van der Waals surface area contributed by atoms with E-state index in [4.69, 9.17) is 27.9 Å². The van der Waals surface area contributed by atoms with Gasteiger partial charge in [0.05, 0.1) is 24.9 Å². The van der Waals surface area contributed by atoms with E-state index in [1.54, 1.807) is 24.4 Å². The first kappa shape index (κ1) is 23.6. The third-order valence-electron chi connectivity index (χ3n) is 5.51. The number of pyridine rings is 1. The molecule has 1 saturated heterocycles. The number of methoxy groups -OCH3 is 1. The first-order chi connectivity index (χ1) is 14.8. The Kier molecular flexibility index (Phi) is 8.35. The van der Waals surface area contributed by atoms with Crippen molar-refractivity contribution in [3.05, 3.63) is 75.2 Å². The minimum atomic E-state index is -0.346. The fourth-order valence-corrected chi connectivity index (χ4v) is 4.66. The Morgan fingerprint density at radius 3 is 2.55 bits per heavy atom. The zero-order valence-electron chi connectivity index (χ0n) is 18.3. The van der Waals surface area contributed by atoms with Gasteiger partial charge in [-0.2, -0.15) is 0 Å². The standard InChI is InChI=1S/C24H29Cl2N3O2/c1-17(14-28(2)16-23-12-19(4-7-27-23)24(30)31-3)15-29-8-5-18(6-9-29)20-10-21(25)13-22(26)11-20/h4,7,10-14,18H,5-6,8-9,15-16H2,1-3H3/b17-14+. The molecule has 5 nitrogen and oxygen atoms in total. The van der Waals surface area contributed by atoms with Crippen LogP contribution in [0.3, 0.4) is 0 Å². The second-order valence-corrected chi connectivity index (χ2v) is 9.04. The molecule has 2 aromatic rings. The predicted octanol–water partition coefficient (Wildman–Crippen LogP) is 5.39. The lowest BCUT2D eigenvalue weighted by Crippen LogP contribution is -2.34. The minimum Gasteiger partial charge on any atom is -0.465 e. The number of likely N-dealkylation sites (tertiary alicyclic amines) is 1. The Hall–Kier alpha value is -2.08. The maximum Gasteiger partial charge on any atom is 0.337 e. The number of rotatable bonds is 7. The number of hydrogen-bond donors (Lipinski definition) is 0. The summed E-state index contributed by atoms with van der Waals surface area (Å²) in [7, 11) is 3.40. The van der Waals surface area contributed by atoms with Gasteiger partial charge in [-0.25, -0.2) is 4.79 Å². The summed E-state index contributed by atoms with van der Waals surface area (Å²) < 4.78 is 4.78. The quantitative estimate of drug-likeness (QED) is 0.517. The highest BCUT2D eigenvalue weighted by atomic mass is 35.5. The van der Waals surface area contributed by atoms with Gasteiger partial charge in [-0.15, -0.1) is 0 Å². The van der Waals surface area contributed by atoms with Gasteiger partial charge in [0, 0.05) is 29.8 Å². The van der Waals surface area contributed by atoms with Crippen LogP contribution in [0.15, 0.2) is 48.3 Å². The monoisotopic (exact) mass is 461 g/mol. The van der Waals surface area contributed by atoms with E-state index in [2.05, 4.69) is 27.9 Å². The van der Waals surface area contributed by atoms with Crippen molar-refractivity contribution in [1.82, 2.24) is 14.8 Å². The maximum atomic E-state index is 11.7. The summed E-state index contributed by atoms with van der Waals surface area (Å²) in [4.78, 5) is 20.6. The molecule has 166 valence electrons. The summed E-state index contributed by atoms with van der Waals surface area (Å²) in [6.45, 7) is 5.80. The van der Waals surface area contributed by atoms with Gasteiger partial charge in [0.25, 0.3) is 0 Å². The summed E-state index contributed by atoms with van der Waals surface area (Å²) in [5.41, 5.74) is 3.88. The highest BCUT2D eigenvalue weighted by Gasteiger charge is 2.21. The minimum absolute atomic E-state index is 0.346. The van der Waals surface area contributed by atoms with Gasteiger partial charge in [0.2, 0.25) is 0 Å². The number of hydrogen-bond acceptors (Lipinski definition) is 5. The highest BCUT2D eigenvalue weighted by molar-refractivity contribution is 6.34. The van der Waals surface area contributed by atoms with Gasteiger partial charge in [0.1, 0.15) is 0 Å². The smallest absolute Gasteiger partial charge is 0.337 e. The molecule has 31 heavy (non-hydrogen) atoms. The number of carbonyl (C=O) groups excluding carboxylic acids is 1. The summed E-state index contributed by atoms with van der Waals surface area (Å²) in [6.07, 6.45) is 5.99. The molecule has 2 heterocycles. The summed E-state index contributed by atoms with van der Waals surface area (Å²) >= 11 is 12.3. The molecule has 0 radical (unpaired) electrons. The lowest BCUT2D eigenvalue weighted by molar-refractivity contribution is 0.0600. The zero-order valence-corrected chi connectivity index (χ0v) is 19.8. The summed E-state index contributed by atoms with van der Waals surface area (Å²) in [6, 6.07) is 9.30. The van der Waals surface area contributed by atoms with Crippen molar-refractivity contribution in [2.24, 2.45) is 0 Å². The van der Waals surface area contributed by atoms with Gasteiger partial charge in [-0.1, -0.05) is 23.2 Å². The van der Waals surface area contributed by atoms with Crippen LogP contribution in [0.1, 0.15) is 47.3 Å². The van der Waals surface area contributed by atoms with Crippen LogP contribution >= 0.6 is 23.2 Å². The van der Waals surface area contributed by atoms with Crippen molar-refractivity contribution in [1.29, 1.82) is 0 Å². The predicted molar refractivity (Wildman–Crippen MR) is 126 cm³/mol. The first-order valence-electron chi connectivity index (χ1n) is 10.4. The number of ether oxygens (including phenoxy) is 1. The Balaban J connectivity index is 1.51. The highest BCUT2D eigenvalue weighted by Crippen LogP contribution is 2.32. The number of aromatic nitrogens is 1. The van der Waals surface area contributed by atoms with E-state index >= 15 is 0 Å². The van der Waals surface area contributed by atoms with Crippen LogP contribution in [0.25, 0.3) is 0 Å². The molecule has 0 N–H and O–H groups in total. The van der Waals surface area contributed by atoms with Crippen molar-refractivity contribution in [3.63, 3.8) is 0 Å². The average Bonchev–Trinajstić information content (AvgIpc) is 2.73. The van der Waals surface area contributed by atoms with Gasteiger partial charge >= 0.3 is 5.97 Å². The Bertz CT molecular complexity index is 920. The molecule has 0 spiro atoms. The molecule has 1 aromatic carbocycles. The van der Waals surface area contributed by atoms with Crippen LogP contribution in [0, 0.1) is 0 Å². The van der Waals surface area contributed by atoms with E-state index in [0.717, 1.165) is 38.2 Å². The van der Waals surface area contributed by atoms with E-state index in [1.165, 1.54) is 18.2 Å². The van der Waals surface area contributed by atoms with Crippen LogP contribution < -0.4 is 0 Å². The van der Waals surface area contributed by atoms with Crippen LogP contribution in [0.5, 0.6) is 0 Å². The number of piperidine rings is 1. The van der Waals surface area contributed by atoms with E-state index < -0.39 is 0 Å². The molecule has 1 aliphatic heterocycles. The van der Waals surface area contributed by atoms with Crippen LogP contribution in [-0.2, 0) is 11.3 Å². The average molecular weight is 462 g/mol. The lowest BCUT2D eigenvalue weighted by atomic mass is 9.89. The fraction of sp³-hybridized carbons (Fsp3) is 0.417. The molecule has 0 saturated carbocycles. The normalized spacial score (nSPS) is 15.7. The summed E-state index contributed by atoms with van der Waals surface area (Å²) in [5.74, 6) is 0.161. The van der Waals surface area contributed by atoms with Crippen molar-refractivity contribution < 1.29 is 9.53 Å². The second kappa shape index (κ2) is 11.0. The molecule has 0 bridgehead atoms. The van der Waals surface area contributed by atoms with Gasteiger partial charge in [0.15, 0.2) is 0 Å². The van der Waals surface area contributed by atoms with Crippen LogP contribution in [0.2, 0.25) is 10.0 Å². The Morgan fingerprint density at radius 1 is 1.23 bits per heavy atom. The number of halogens is 2. The van der Waals surface area contributed by atoms with Crippen molar-refractivity contribution >= 4 is 29.2 Å². The molecule has 1 aromatic heterocycles. The molecule has 0 amide bonds. The molecular formula is C24H29Cl2N3O2. The summed E-state index contributed by atoms with van der Waals surface area (Å²) in [5, 5.41) is 1.41. The van der Waals surface area contributed by atoms with Gasteiger partial charge < -0.3 is 9.64 Å². The third-order valence-corrected chi connectivity index (χ3v) is 5.94. The van der Waals surface area contributed by atoms with E-state index in [1.807, 2.05) is 19.2 Å². The van der Waals surface area contributed by atoms with Crippen molar-refractivity contribution in [2.75, 3.05) is 33.8 Å². The molecule has 3 rings (SSSR count). The van der Waals surface area contributed by atoms with Gasteiger partial charge in [-0.05, 0) is 86.4 Å². The largest absolute Gasteiger partial charge is 0.465 e. The molecule has 0 aliphatic carbocycles. The van der Waals surface area contributed by atoms with E-state index in [9.17, 15) is 4.79 Å². The lowest BCUT2D eigenvalue weighted by Gasteiger charge is -2.32. The van der Waals surface area contributed by atoms with Crippen LogP contribution in [-0.4, -0.2) is 54.5 Å². The topological polar surface area (TPSA) is 45.7 Å². The molecule has 0 atom stereocenters. The van der Waals surface area contributed by atoms with Crippen molar-refractivity contribution in [3.8, 4) is 0 Å².